The van der Waals surface area contributed by atoms with Crippen LogP contribution in [0.1, 0.15) is 5.56 Å². The van der Waals surface area contributed by atoms with E-state index in [2.05, 4.69) is 36.6 Å². The summed E-state index contributed by atoms with van der Waals surface area (Å²) in [6.45, 7) is 3.09. The SMILES string of the molecule is Cc1cc(S(=O)(=O)NCCOCCBr)sc1Br. The van der Waals surface area contributed by atoms with E-state index >= 15 is 0 Å². The first-order valence-electron chi connectivity index (χ1n) is 4.86. The Kier molecular flexibility index (Phi) is 6.60. The molecule has 1 rings (SSSR count). The number of nitrogens with one attached hydrogen (secondary N) is 1. The Hall–Kier alpha value is 0.530. The van der Waals surface area contributed by atoms with Gasteiger partial charge in [0.05, 0.1) is 17.0 Å². The van der Waals surface area contributed by atoms with Gasteiger partial charge in [0.2, 0.25) is 10.0 Å². The average molecular weight is 407 g/mol. The fourth-order valence-electron chi connectivity index (χ4n) is 1.04. The molecule has 8 heteroatoms. The van der Waals surface area contributed by atoms with Crippen LogP contribution in [0.4, 0.5) is 0 Å². The van der Waals surface area contributed by atoms with E-state index in [1.54, 1.807) is 6.07 Å². The molecule has 1 N–H and O–H groups in total. The van der Waals surface area contributed by atoms with Crippen molar-refractivity contribution in [2.45, 2.75) is 11.1 Å². The molecule has 0 bridgehead atoms. The van der Waals surface area contributed by atoms with Crippen LogP contribution < -0.4 is 4.72 Å². The van der Waals surface area contributed by atoms with E-state index in [-0.39, 0.29) is 6.54 Å². The topological polar surface area (TPSA) is 55.4 Å². The van der Waals surface area contributed by atoms with E-state index in [0.29, 0.717) is 17.4 Å². The maximum absolute atomic E-state index is 11.8. The molecule has 0 radical (unpaired) electrons. The molecule has 1 heterocycles. The molecule has 0 aromatic carbocycles. The Balaban J connectivity index is 2.51. The number of thiophene rings is 1. The van der Waals surface area contributed by atoms with Gasteiger partial charge in [-0.2, -0.15) is 0 Å². The number of hydrogen-bond donors (Lipinski definition) is 1. The molecule has 98 valence electrons. The third kappa shape index (κ3) is 4.96. The van der Waals surface area contributed by atoms with Gasteiger partial charge in [0.15, 0.2) is 0 Å². The minimum Gasteiger partial charge on any atom is -0.379 e. The molecule has 4 nitrogen and oxygen atoms in total. The van der Waals surface area contributed by atoms with Crippen molar-refractivity contribution >= 4 is 53.2 Å². The van der Waals surface area contributed by atoms with Crippen LogP contribution in [0.15, 0.2) is 14.1 Å². The van der Waals surface area contributed by atoms with Crippen molar-refractivity contribution in [1.29, 1.82) is 0 Å². The molecular formula is C9H13Br2NO3S2. The summed E-state index contributed by atoms with van der Waals surface area (Å²) in [7, 11) is -3.40. The molecule has 0 aliphatic carbocycles. The first-order valence-corrected chi connectivity index (χ1v) is 9.08. The minimum absolute atomic E-state index is 0.282. The summed E-state index contributed by atoms with van der Waals surface area (Å²) in [6, 6.07) is 1.65. The largest absolute Gasteiger partial charge is 0.379 e. The molecule has 0 fully saturated rings. The number of sulfonamides is 1. The predicted molar refractivity (Wildman–Crippen MR) is 76.6 cm³/mol. The van der Waals surface area contributed by atoms with E-state index in [0.717, 1.165) is 14.7 Å². The van der Waals surface area contributed by atoms with Crippen LogP contribution in [0.2, 0.25) is 0 Å². The minimum atomic E-state index is -3.40. The van der Waals surface area contributed by atoms with Gasteiger partial charge in [0, 0.05) is 11.9 Å². The first-order chi connectivity index (χ1) is 7.97. The molecular weight excluding hydrogens is 394 g/mol. The molecule has 0 amide bonds. The second kappa shape index (κ2) is 7.20. The summed E-state index contributed by atoms with van der Waals surface area (Å²) in [5.41, 5.74) is 0.922. The van der Waals surface area contributed by atoms with Gasteiger partial charge in [-0.1, -0.05) is 15.9 Å². The number of aryl methyl sites for hydroxylation is 1. The van der Waals surface area contributed by atoms with Crippen LogP contribution in [0.25, 0.3) is 0 Å². The van der Waals surface area contributed by atoms with Crippen molar-refractivity contribution in [3.8, 4) is 0 Å². The number of hydrogen-bond acceptors (Lipinski definition) is 4. The van der Waals surface area contributed by atoms with Gasteiger partial charge in [-0.3, -0.25) is 0 Å². The predicted octanol–water partition coefficient (Wildman–Crippen LogP) is 2.51. The zero-order valence-corrected chi connectivity index (χ0v) is 14.0. The standard InChI is InChI=1S/C9H13Br2NO3S2/c1-7-6-8(16-9(7)11)17(13,14)12-3-5-15-4-2-10/h6,12H,2-5H2,1H3. The monoisotopic (exact) mass is 405 g/mol. The Morgan fingerprint density at radius 1 is 1.47 bits per heavy atom. The van der Waals surface area contributed by atoms with E-state index in [1.807, 2.05) is 6.92 Å². The lowest BCUT2D eigenvalue weighted by atomic mass is 10.4. The molecule has 0 aliphatic rings. The van der Waals surface area contributed by atoms with E-state index in [1.165, 1.54) is 11.3 Å². The fourth-order valence-corrected chi connectivity index (χ4v) is 4.55. The van der Waals surface area contributed by atoms with Crippen LogP contribution in [0.3, 0.4) is 0 Å². The summed E-state index contributed by atoms with van der Waals surface area (Å²) >= 11 is 7.74. The zero-order chi connectivity index (χ0) is 12.9. The summed E-state index contributed by atoms with van der Waals surface area (Å²) in [4.78, 5) is 0. The van der Waals surface area contributed by atoms with Crippen LogP contribution in [-0.2, 0) is 14.8 Å². The third-order valence-corrected chi connectivity index (χ3v) is 6.25. The van der Waals surface area contributed by atoms with Gasteiger partial charge in [-0.15, -0.1) is 11.3 Å². The molecule has 1 aromatic heterocycles. The zero-order valence-electron chi connectivity index (χ0n) is 9.20. The maximum atomic E-state index is 11.8. The van der Waals surface area contributed by atoms with Crippen molar-refractivity contribution < 1.29 is 13.2 Å². The third-order valence-electron chi connectivity index (χ3n) is 1.86. The van der Waals surface area contributed by atoms with Crippen molar-refractivity contribution in [3.05, 3.63) is 15.4 Å². The van der Waals surface area contributed by atoms with Gasteiger partial charge < -0.3 is 4.74 Å². The van der Waals surface area contributed by atoms with Gasteiger partial charge in [0.25, 0.3) is 0 Å². The second-order valence-corrected chi connectivity index (χ2v) is 8.38. The molecule has 0 aliphatic heterocycles. The van der Waals surface area contributed by atoms with E-state index < -0.39 is 10.0 Å². The van der Waals surface area contributed by atoms with Crippen LogP contribution in [0.5, 0.6) is 0 Å². The Morgan fingerprint density at radius 3 is 2.71 bits per heavy atom. The van der Waals surface area contributed by atoms with Gasteiger partial charge in [-0.05, 0) is 34.5 Å². The molecule has 0 unspecified atom stereocenters. The Morgan fingerprint density at radius 2 is 2.18 bits per heavy atom. The summed E-state index contributed by atoms with van der Waals surface area (Å²) < 4.78 is 32.5. The first kappa shape index (κ1) is 15.6. The number of ether oxygens (including phenoxy) is 1. The Labute approximate surface area is 122 Å². The number of alkyl halides is 1. The van der Waals surface area contributed by atoms with Crippen LogP contribution in [0, 0.1) is 6.92 Å². The average Bonchev–Trinajstić information content (AvgIpc) is 2.60. The number of halogens is 2. The lowest BCUT2D eigenvalue weighted by Gasteiger charge is -2.04. The van der Waals surface area contributed by atoms with Crippen LogP contribution >= 0.6 is 43.2 Å². The van der Waals surface area contributed by atoms with Crippen molar-refractivity contribution in [2.75, 3.05) is 25.1 Å². The quantitative estimate of drug-likeness (QED) is 0.559. The highest BCUT2D eigenvalue weighted by Crippen LogP contribution is 2.30. The highest BCUT2D eigenvalue weighted by Gasteiger charge is 2.17. The highest BCUT2D eigenvalue weighted by atomic mass is 79.9. The van der Waals surface area contributed by atoms with E-state index in [9.17, 15) is 8.42 Å². The van der Waals surface area contributed by atoms with Gasteiger partial charge >= 0.3 is 0 Å². The van der Waals surface area contributed by atoms with Crippen molar-refractivity contribution in [3.63, 3.8) is 0 Å². The highest BCUT2D eigenvalue weighted by molar-refractivity contribution is 9.11. The summed E-state index contributed by atoms with van der Waals surface area (Å²) in [5.74, 6) is 0. The molecule has 0 spiro atoms. The molecule has 0 saturated heterocycles. The second-order valence-electron chi connectivity index (χ2n) is 3.22. The van der Waals surface area contributed by atoms with Crippen molar-refractivity contribution in [1.82, 2.24) is 4.72 Å². The molecule has 1 aromatic rings. The van der Waals surface area contributed by atoms with Gasteiger partial charge in [-0.25, -0.2) is 13.1 Å². The van der Waals surface area contributed by atoms with Gasteiger partial charge in [0.1, 0.15) is 4.21 Å². The lowest BCUT2D eigenvalue weighted by Crippen LogP contribution is -2.27. The maximum Gasteiger partial charge on any atom is 0.250 e. The summed E-state index contributed by atoms with van der Waals surface area (Å²) in [6.07, 6.45) is 0. The van der Waals surface area contributed by atoms with E-state index in [4.69, 9.17) is 4.74 Å². The molecule has 17 heavy (non-hydrogen) atoms. The normalized spacial score (nSPS) is 11.9. The van der Waals surface area contributed by atoms with Crippen molar-refractivity contribution in [2.24, 2.45) is 0 Å². The summed E-state index contributed by atoms with van der Waals surface area (Å²) in [5, 5.41) is 0.747. The lowest BCUT2D eigenvalue weighted by molar-refractivity contribution is 0.156. The van der Waals surface area contributed by atoms with Crippen LogP contribution in [-0.4, -0.2) is 33.5 Å². The molecule has 0 saturated carbocycles. The fraction of sp³-hybridized carbons (Fsp3) is 0.556. The Bertz CT molecular complexity index is 439. The smallest absolute Gasteiger partial charge is 0.250 e. The number of rotatable bonds is 7. The molecule has 0 atom stereocenters.